The fourth-order valence-corrected chi connectivity index (χ4v) is 4.23. The number of hydrogen-bond donors (Lipinski definition) is 1. The molecule has 1 N–H and O–H groups in total. The van der Waals surface area contributed by atoms with Crippen molar-refractivity contribution in [3.63, 3.8) is 0 Å². The maximum absolute atomic E-state index is 12.1. The molecule has 0 aromatic rings. The van der Waals surface area contributed by atoms with Gasteiger partial charge in [0.25, 0.3) is 0 Å². The Morgan fingerprint density at radius 3 is 2.65 bits per heavy atom. The molecule has 126 valence electrons. The van der Waals surface area contributed by atoms with Gasteiger partial charge in [-0.15, -0.1) is 0 Å². The molecule has 6 atom stereocenters. The van der Waals surface area contributed by atoms with E-state index in [-0.39, 0.29) is 35.9 Å². The summed E-state index contributed by atoms with van der Waals surface area (Å²) in [5, 5.41) is 10.2. The first-order valence-electron chi connectivity index (χ1n) is 8.37. The molecule has 4 nitrogen and oxygen atoms in total. The van der Waals surface area contributed by atoms with Crippen LogP contribution >= 0.6 is 0 Å². The van der Waals surface area contributed by atoms with Crippen LogP contribution in [-0.4, -0.2) is 36.0 Å². The van der Waals surface area contributed by atoms with Crippen LogP contribution < -0.4 is 0 Å². The van der Waals surface area contributed by atoms with Crippen LogP contribution in [-0.2, 0) is 14.3 Å². The van der Waals surface area contributed by atoms with Crippen molar-refractivity contribution < 1.29 is 19.4 Å². The van der Waals surface area contributed by atoms with Crippen molar-refractivity contribution >= 4 is 5.97 Å². The van der Waals surface area contributed by atoms with Crippen LogP contribution in [0.5, 0.6) is 0 Å². The first kappa shape index (κ1) is 16.5. The maximum atomic E-state index is 12.1. The van der Waals surface area contributed by atoms with Crippen LogP contribution in [0.25, 0.3) is 0 Å². The molecule has 1 heterocycles. The van der Waals surface area contributed by atoms with Gasteiger partial charge in [-0.3, -0.25) is 0 Å². The van der Waals surface area contributed by atoms with Gasteiger partial charge in [0.2, 0.25) is 0 Å². The molecule has 0 unspecified atom stereocenters. The number of fused-ring (bicyclic) bond motifs is 3. The fraction of sp³-hybridized carbons (Fsp3) is 0.632. The van der Waals surface area contributed by atoms with Gasteiger partial charge in [-0.05, 0) is 30.3 Å². The zero-order valence-corrected chi connectivity index (χ0v) is 14.0. The van der Waals surface area contributed by atoms with E-state index < -0.39 is 6.10 Å². The highest BCUT2D eigenvalue weighted by molar-refractivity contribution is 5.91. The third-order valence-corrected chi connectivity index (χ3v) is 5.41. The van der Waals surface area contributed by atoms with Crippen molar-refractivity contribution in [3.8, 4) is 0 Å². The van der Waals surface area contributed by atoms with Crippen LogP contribution in [0.3, 0.4) is 0 Å². The van der Waals surface area contributed by atoms with E-state index in [1.165, 1.54) is 0 Å². The molecular weight excluding hydrogens is 292 g/mol. The van der Waals surface area contributed by atoms with Gasteiger partial charge in [-0.25, -0.2) is 4.79 Å². The summed E-state index contributed by atoms with van der Waals surface area (Å²) < 4.78 is 11.8. The van der Waals surface area contributed by atoms with Gasteiger partial charge in [-0.1, -0.05) is 39.2 Å². The Morgan fingerprint density at radius 1 is 1.30 bits per heavy atom. The SMILES string of the molecule is C=C1C(=O)O[C@@H]2[C@H]3C(=C)[C@@H](O)C[C@H]3C(=C)C[C@H](OCC(C)C)[C@@H]12. The predicted molar refractivity (Wildman–Crippen MR) is 87.6 cm³/mol. The van der Waals surface area contributed by atoms with Crippen molar-refractivity contribution in [3.05, 3.63) is 36.5 Å². The Labute approximate surface area is 137 Å². The molecule has 0 amide bonds. The minimum atomic E-state index is -0.553. The molecular formula is C19H26O4. The first-order valence-corrected chi connectivity index (χ1v) is 8.37. The van der Waals surface area contributed by atoms with Crippen LogP contribution in [0, 0.1) is 23.7 Å². The van der Waals surface area contributed by atoms with Gasteiger partial charge in [0.15, 0.2) is 0 Å². The number of ether oxygens (including phenoxy) is 2. The van der Waals surface area contributed by atoms with Gasteiger partial charge >= 0.3 is 5.97 Å². The van der Waals surface area contributed by atoms with Crippen LogP contribution in [0.15, 0.2) is 36.5 Å². The molecule has 0 spiro atoms. The highest BCUT2D eigenvalue weighted by Gasteiger charge is 2.56. The van der Waals surface area contributed by atoms with Gasteiger partial charge in [0, 0.05) is 18.1 Å². The van der Waals surface area contributed by atoms with E-state index in [9.17, 15) is 9.90 Å². The fourth-order valence-electron chi connectivity index (χ4n) is 4.23. The third-order valence-electron chi connectivity index (χ3n) is 5.41. The number of carbonyl (C=O) groups is 1. The molecule has 3 aliphatic rings. The second-order valence-corrected chi connectivity index (χ2v) is 7.51. The lowest BCUT2D eigenvalue weighted by Gasteiger charge is -2.28. The van der Waals surface area contributed by atoms with Crippen molar-refractivity contribution in [2.45, 2.75) is 45.0 Å². The number of hydrogen-bond acceptors (Lipinski definition) is 4. The van der Waals surface area contributed by atoms with Crippen molar-refractivity contribution in [1.29, 1.82) is 0 Å². The van der Waals surface area contributed by atoms with Crippen molar-refractivity contribution in [1.82, 2.24) is 0 Å². The number of aliphatic hydroxyl groups excluding tert-OH is 1. The van der Waals surface area contributed by atoms with E-state index in [1.54, 1.807) is 0 Å². The molecule has 3 rings (SSSR count). The Hall–Kier alpha value is -1.39. The topological polar surface area (TPSA) is 55.8 Å². The molecule has 1 saturated heterocycles. The first-order chi connectivity index (χ1) is 10.8. The Morgan fingerprint density at radius 2 is 2.00 bits per heavy atom. The van der Waals surface area contributed by atoms with E-state index in [1.807, 2.05) is 0 Å². The number of aliphatic hydroxyl groups is 1. The van der Waals surface area contributed by atoms with E-state index in [0.29, 0.717) is 30.9 Å². The second kappa shape index (κ2) is 5.91. The molecule has 2 aliphatic carbocycles. The zero-order chi connectivity index (χ0) is 16.9. The van der Waals surface area contributed by atoms with Gasteiger partial charge < -0.3 is 14.6 Å². The van der Waals surface area contributed by atoms with Gasteiger partial charge in [-0.2, -0.15) is 0 Å². The molecule has 3 fully saturated rings. The summed E-state index contributed by atoms with van der Waals surface area (Å²) in [7, 11) is 0. The van der Waals surface area contributed by atoms with Crippen LogP contribution in [0.4, 0.5) is 0 Å². The summed E-state index contributed by atoms with van der Waals surface area (Å²) in [6.07, 6.45) is 0.227. The minimum absolute atomic E-state index is 0.0849. The van der Waals surface area contributed by atoms with E-state index in [4.69, 9.17) is 9.47 Å². The lowest BCUT2D eigenvalue weighted by Crippen LogP contribution is -2.35. The van der Waals surface area contributed by atoms with Crippen LogP contribution in [0.1, 0.15) is 26.7 Å². The number of rotatable bonds is 3. The highest BCUT2D eigenvalue weighted by atomic mass is 16.6. The Balaban J connectivity index is 1.95. The summed E-state index contributed by atoms with van der Waals surface area (Å²) >= 11 is 0. The minimum Gasteiger partial charge on any atom is -0.458 e. The molecule has 23 heavy (non-hydrogen) atoms. The molecule has 0 radical (unpaired) electrons. The maximum Gasteiger partial charge on any atom is 0.334 e. The normalized spacial score (nSPS) is 40.2. The molecule has 4 heteroatoms. The van der Waals surface area contributed by atoms with Crippen molar-refractivity contribution in [2.24, 2.45) is 23.7 Å². The van der Waals surface area contributed by atoms with E-state index in [2.05, 4.69) is 33.6 Å². The average Bonchev–Trinajstić information content (AvgIpc) is 2.89. The summed E-state index contributed by atoms with van der Waals surface area (Å²) in [5.74, 6) is -0.115. The molecule has 0 aromatic heterocycles. The second-order valence-electron chi connectivity index (χ2n) is 7.51. The largest absolute Gasteiger partial charge is 0.458 e. The quantitative estimate of drug-likeness (QED) is 0.494. The molecule has 0 aromatic carbocycles. The van der Waals surface area contributed by atoms with E-state index in [0.717, 1.165) is 11.1 Å². The standard InChI is InChI=1S/C19H26O4/c1-9(2)8-22-15-6-10(3)13-7-14(20)11(4)16(13)18-17(15)12(5)19(21)23-18/h9,13-18,20H,3-8H2,1-2H3/t13-,14-,15-,16-,17+,18+/m0/s1. The molecule has 0 bridgehead atoms. The smallest absolute Gasteiger partial charge is 0.334 e. The molecule has 1 aliphatic heterocycles. The van der Waals surface area contributed by atoms with Crippen LogP contribution in [0.2, 0.25) is 0 Å². The molecule has 2 saturated carbocycles. The predicted octanol–water partition coefficient (Wildman–Crippen LogP) is 2.64. The lowest BCUT2D eigenvalue weighted by atomic mass is 9.81. The Kier molecular flexibility index (Phi) is 4.23. The number of esters is 1. The average molecular weight is 318 g/mol. The summed E-state index contributed by atoms with van der Waals surface area (Å²) in [6, 6.07) is 0. The highest BCUT2D eigenvalue weighted by Crippen LogP contribution is 2.52. The Bertz CT molecular complexity index is 562. The monoisotopic (exact) mass is 318 g/mol. The van der Waals surface area contributed by atoms with Gasteiger partial charge in [0.05, 0.1) is 18.1 Å². The third kappa shape index (κ3) is 2.68. The van der Waals surface area contributed by atoms with Gasteiger partial charge in [0.1, 0.15) is 6.10 Å². The van der Waals surface area contributed by atoms with E-state index >= 15 is 0 Å². The summed E-state index contributed by atoms with van der Waals surface area (Å²) in [4.78, 5) is 12.1. The lowest BCUT2D eigenvalue weighted by molar-refractivity contribution is -0.141. The number of carbonyl (C=O) groups excluding carboxylic acids is 1. The zero-order valence-electron chi connectivity index (χ0n) is 14.0. The summed E-state index contributed by atoms with van der Waals surface area (Å²) in [6.45, 7) is 17.1. The summed E-state index contributed by atoms with van der Waals surface area (Å²) in [5.41, 5.74) is 2.28. The van der Waals surface area contributed by atoms with Crippen molar-refractivity contribution in [2.75, 3.05) is 6.61 Å².